The molecule has 160 valence electrons. The van der Waals surface area contributed by atoms with Crippen molar-refractivity contribution in [3.05, 3.63) is 60.0 Å². The number of aliphatic hydroxyl groups is 1. The van der Waals surface area contributed by atoms with Crippen LogP contribution in [0, 0.1) is 5.92 Å². The fourth-order valence-corrected chi connectivity index (χ4v) is 3.47. The zero-order valence-corrected chi connectivity index (χ0v) is 17.5. The van der Waals surface area contributed by atoms with Crippen molar-refractivity contribution < 1.29 is 19.7 Å². The average molecular weight is 412 g/mol. The first-order valence-corrected chi connectivity index (χ1v) is 10.2. The third-order valence-electron chi connectivity index (χ3n) is 5.12. The minimum Gasteiger partial charge on any atom is -0.478 e. The summed E-state index contributed by atoms with van der Waals surface area (Å²) < 4.78 is 5.81. The lowest BCUT2D eigenvalue weighted by Crippen LogP contribution is -2.32. The van der Waals surface area contributed by atoms with E-state index in [1.807, 2.05) is 44.3 Å². The highest BCUT2D eigenvalue weighted by molar-refractivity contribution is 5.88. The molecule has 0 radical (unpaired) electrons. The number of pyridine rings is 1. The van der Waals surface area contributed by atoms with Crippen molar-refractivity contribution >= 4 is 16.9 Å². The number of aliphatic hydroxyl groups excluding tert-OH is 1. The Kier molecular flexibility index (Phi) is 7.07. The van der Waals surface area contributed by atoms with Gasteiger partial charge in [0.15, 0.2) is 6.10 Å². The number of carboxylic acid groups (broad SMARTS) is 1. The standard InChI is InChI=1S/C23H29N3O4/c1-14(2)22(23(28)29)30-20-8-4-7-18-17(12-26-21(18)20)10-15(3)25-13-19(27)16-6-5-9-24-11-16/h4-9,11-12,14-15,19,22,25-27H,10,13H2,1-3H3,(H,28,29)/t15-,19-,22?/m1/s1. The normalized spacial score (nSPS) is 14.6. The molecule has 1 aromatic carbocycles. The average Bonchev–Trinajstić information content (AvgIpc) is 3.13. The van der Waals surface area contributed by atoms with Crippen LogP contribution < -0.4 is 10.1 Å². The number of carboxylic acids is 1. The van der Waals surface area contributed by atoms with E-state index in [9.17, 15) is 15.0 Å². The van der Waals surface area contributed by atoms with Gasteiger partial charge in [0.1, 0.15) is 5.75 Å². The summed E-state index contributed by atoms with van der Waals surface area (Å²) >= 11 is 0. The number of nitrogens with one attached hydrogen (secondary N) is 2. The van der Waals surface area contributed by atoms with Crippen LogP contribution in [0.3, 0.4) is 0 Å². The summed E-state index contributed by atoms with van der Waals surface area (Å²) in [6, 6.07) is 9.44. The SMILES string of the molecule is CC(C)C(Oc1cccc2c(C[C@@H](C)NC[C@@H](O)c3cccnc3)c[nH]c12)C(=O)O. The van der Waals surface area contributed by atoms with E-state index in [1.165, 1.54) is 0 Å². The number of aromatic nitrogens is 2. The highest BCUT2D eigenvalue weighted by Crippen LogP contribution is 2.29. The number of hydrogen-bond donors (Lipinski definition) is 4. The summed E-state index contributed by atoms with van der Waals surface area (Å²) in [5.74, 6) is -0.589. The van der Waals surface area contributed by atoms with Gasteiger partial charge in [-0.2, -0.15) is 0 Å². The van der Waals surface area contributed by atoms with Gasteiger partial charge in [0.25, 0.3) is 0 Å². The Balaban J connectivity index is 1.67. The maximum atomic E-state index is 11.5. The van der Waals surface area contributed by atoms with Gasteiger partial charge in [-0.3, -0.25) is 4.98 Å². The van der Waals surface area contributed by atoms with Crippen molar-refractivity contribution in [2.45, 2.75) is 45.4 Å². The molecule has 0 amide bonds. The number of hydrogen-bond acceptors (Lipinski definition) is 5. The summed E-state index contributed by atoms with van der Waals surface area (Å²) in [6.07, 6.45) is 4.50. The Morgan fingerprint density at radius 3 is 2.70 bits per heavy atom. The van der Waals surface area contributed by atoms with Gasteiger partial charge in [-0.1, -0.05) is 32.0 Å². The van der Waals surface area contributed by atoms with Gasteiger partial charge in [-0.25, -0.2) is 4.79 Å². The van der Waals surface area contributed by atoms with E-state index < -0.39 is 18.2 Å². The molecule has 0 saturated carbocycles. The third-order valence-corrected chi connectivity index (χ3v) is 5.12. The molecule has 3 aromatic rings. The number of para-hydroxylation sites is 1. The first-order chi connectivity index (χ1) is 14.4. The van der Waals surface area contributed by atoms with Crippen LogP contribution in [0.15, 0.2) is 48.9 Å². The fourth-order valence-electron chi connectivity index (χ4n) is 3.47. The Labute approximate surface area is 176 Å². The molecule has 2 aromatic heterocycles. The second-order valence-corrected chi connectivity index (χ2v) is 7.93. The van der Waals surface area contributed by atoms with Crippen molar-refractivity contribution in [2.24, 2.45) is 5.92 Å². The number of aliphatic carboxylic acids is 1. The number of carbonyl (C=O) groups is 1. The molecule has 0 aliphatic carbocycles. The predicted octanol–water partition coefficient (Wildman–Crippen LogP) is 3.31. The van der Waals surface area contributed by atoms with Crippen LogP contribution in [-0.2, 0) is 11.2 Å². The van der Waals surface area contributed by atoms with Crippen LogP contribution in [0.2, 0.25) is 0 Å². The van der Waals surface area contributed by atoms with Gasteiger partial charge in [0.05, 0.1) is 11.6 Å². The van der Waals surface area contributed by atoms with Crippen LogP contribution in [0.5, 0.6) is 5.75 Å². The summed E-state index contributed by atoms with van der Waals surface area (Å²) in [4.78, 5) is 18.8. The van der Waals surface area contributed by atoms with Gasteiger partial charge in [-0.15, -0.1) is 0 Å². The highest BCUT2D eigenvalue weighted by atomic mass is 16.5. The number of ether oxygens (including phenoxy) is 1. The van der Waals surface area contributed by atoms with Crippen LogP contribution in [0.1, 0.15) is 38.0 Å². The van der Waals surface area contributed by atoms with E-state index >= 15 is 0 Å². The van der Waals surface area contributed by atoms with Gasteiger partial charge >= 0.3 is 5.97 Å². The molecule has 3 rings (SSSR count). The van der Waals surface area contributed by atoms with Crippen LogP contribution in [-0.4, -0.2) is 44.8 Å². The van der Waals surface area contributed by atoms with E-state index in [2.05, 4.69) is 22.2 Å². The molecule has 0 bridgehead atoms. The molecular weight excluding hydrogens is 382 g/mol. The third kappa shape index (κ3) is 5.17. The van der Waals surface area contributed by atoms with Crippen LogP contribution in [0.4, 0.5) is 0 Å². The Hall–Kier alpha value is -2.90. The number of rotatable bonds is 10. The molecule has 3 atom stereocenters. The zero-order chi connectivity index (χ0) is 21.7. The maximum absolute atomic E-state index is 11.5. The number of aromatic amines is 1. The molecule has 0 aliphatic rings. The van der Waals surface area contributed by atoms with E-state index in [-0.39, 0.29) is 12.0 Å². The molecule has 1 unspecified atom stereocenters. The van der Waals surface area contributed by atoms with E-state index in [4.69, 9.17) is 4.74 Å². The monoisotopic (exact) mass is 411 g/mol. The van der Waals surface area contributed by atoms with Crippen LogP contribution in [0.25, 0.3) is 10.9 Å². The Morgan fingerprint density at radius 1 is 1.23 bits per heavy atom. The van der Waals surface area contributed by atoms with Gasteiger partial charge in [0.2, 0.25) is 0 Å². The van der Waals surface area contributed by atoms with Crippen molar-refractivity contribution in [1.82, 2.24) is 15.3 Å². The molecule has 0 fully saturated rings. The molecule has 7 heteroatoms. The number of benzene rings is 1. The second kappa shape index (κ2) is 9.73. The fraction of sp³-hybridized carbons (Fsp3) is 0.391. The first-order valence-electron chi connectivity index (χ1n) is 10.2. The smallest absolute Gasteiger partial charge is 0.345 e. The molecule has 30 heavy (non-hydrogen) atoms. The van der Waals surface area contributed by atoms with Crippen molar-refractivity contribution in [1.29, 1.82) is 0 Å². The lowest BCUT2D eigenvalue weighted by atomic mass is 10.0. The summed E-state index contributed by atoms with van der Waals surface area (Å²) in [6.45, 7) is 6.14. The summed E-state index contributed by atoms with van der Waals surface area (Å²) in [5, 5.41) is 24.1. The topological polar surface area (TPSA) is 107 Å². The minimum atomic E-state index is -0.973. The summed E-state index contributed by atoms with van der Waals surface area (Å²) in [7, 11) is 0. The number of nitrogens with zero attached hydrogens (tertiary/aromatic N) is 1. The van der Waals surface area contributed by atoms with Crippen molar-refractivity contribution in [2.75, 3.05) is 6.54 Å². The molecule has 0 saturated heterocycles. The molecule has 2 heterocycles. The van der Waals surface area contributed by atoms with Crippen molar-refractivity contribution in [3.63, 3.8) is 0 Å². The maximum Gasteiger partial charge on any atom is 0.345 e. The quantitative estimate of drug-likeness (QED) is 0.408. The Bertz CT molecular complexity index is 971. The summed E-state index contributed by atoms with van der Waals surface area (Å²) in [5.41, 5.74) is 2.67. The highest BCUT2D eigenvalue weighted by Gasteiger charge is 2.24. The van der Waals surface area contributed by atoms with E-state index in [0.29, 0.717) is 12.3 Å². The van der Waals surface area contributed by atoms with E-state index in [1.54, 1.807) is 18.5 Å². The van der Waals surface area contributed by atoms with Gasteiger partial charge in [-0.05, 0) is 31.0 Å². The minimum absolute atomic E-state index is 0.127. The molecule has 0 spiro atoms. The number of H-pyrrole nitrogens is 1. The molecule has 7 nitrogen and oxygen atoms in total. The molecule has 4 N–H and O–H groups in total. The molecular formula is C23H29N3O4. The first kappa shape index (κ1) is 21.8. The van der Waals surface area contributed by atoms with Gasteiger partial charge < -0.3 is 25.3 Å². The number of fused-ring (bicyclic) bond motifs is 1. The lowest BCUT2D eigenvalue weighted by molar-refractivity contribution is -0.147. The molecule has 0 aliphatic heterocycles. The Morgan fingerprint density at radius 2 is 2.03 bits per heavy atom. The second-order valence-electron chi connectivity index (χ2n) is 7.93. The van der Waals surface area contributed by atoms with E-state index in [0.717, 1.165) is 28.5 Å². The predicted molar refractivity (Wildman–Crippen MR) is 116 cm³/mol. The van der Waals surface area contributed by atoms with Crippen LogP contribution >= 0.6 is 0 Å². The van der Waals surface area contributed by atoms with Gasteiger partial charge in [0, 0.05) is 48.0 Å². The van der Waals surface area contributed by atoms with Crippen molar-refractivity contribution in [3.8, 4) is 5.75 Å². The lowest BCUT2D eigenvalue weighted by Gasteiger charge is -2.19. The zero-order valence-electron chi connectivity index (χ0n) is 17.5. The largest absolute Gasteiger partial charge is 0.478 e.